The fraction of sp³-hybridized carbons (Fsp3) is 0.625. The van der Waals surface area contributed by atoms with Gasteiger partial charge in [-0.3, -0.25) is 14.4 Å². The van der Waals surface area contributed by atoms with Crippen molar-refractivity contribution in [2.75, 3.05) is 24.5 Å². The minimum absolute atomic E-state index is 0.0538. The van der Waals surface area contributed by atoms with E-state index in [1.54, 1.807) is 11.1 Å². The van der Waals surface area contributed by atoms with Gasteiger partial charge < -0.3 is 9.64 Å². The average Bonchev–Trinajstić information content (AvgIpc) is 3.62. The summed E-state index contributed by atoms with van der Waals surface area (Å²) in [5.41, 5.74) is 4.87. The molecule has 2 bridgehead atoms. The van der Waals surface area contributed by atoms with Crippen molar-refractivity contribution in [3.63, 3.8) is 0 Å². The van der Waals surface area contributed by atoms with Gasteiger partial charge >= 0.3 is 6.09 Å². The molecule has 5 fully saturated rings. The maximum absolute atomic E-state index is 14.6. The Bertz CT molecular complexity index is 1610. The molecule has 0 N–H and O–H groups in total. The van der Waals surface area contributed by atoms with E-state index in [1.165, 1.54) is 11.1 Å². The van der Waals surface area contributed by atoms with E-state index >= 15 is 0 Å². The molecule has 0 unspecified atom stereocenters. The Morgan fingerprint density at radius 3 is 2.20 bits per heavy atom. The molecule has 8 rings (SSSR count). The number of carbonyl (C=O) groups is 2. The molecule has 0 radical (unpaired) electrons. The van der Waals surface area contributed by atoms with Crippen LogP contribution in [0.3, 0.4) is 0 Å². The molecule has 262 valence electrons. The second-order valence-corrected chi connectivity index (χ2v) is 16.4. The van der Waals surface area contributed by atoms with Crippen LogP contribution in [-0.2, 0) is 14.9 Å². The first-order valence-electron chi connectivity index (χ1n) is 18.8. The molecular formula is C40H54N6O3. The summed E-state index contributed by atoms with van der Waals surface area (Å²) < 4.78 is 7.78. The molecule has 4 aliphatic carbocycles. The maximum atomic E-state index is 14.6. The molecule has 0 spiro atoms. The van der Waals surface area contributed by atoms with E-state index in [4.69, 9.17) is 14.7 Å². The number of carbonyl (C=O) groups excluding carboxylic acids is 2. The molecule has 2 amide bonds. The summed E-state index contributed by atoms with van der Waals surface area (Å²) in [6, 6.07) is 11.5. The third-order valence-electron chi connectivity index (χ3n) is 12.3. The lowest BCUT2D eigenvalue weighted by Crippen LogP contribution is -2.52. The van der Waals surface area contributed by atoms with Crippen molar-refractivity contribution < 1.29 is 14.3 Å². The van der Waals surface area contributed by atoms with Gasteiger partial charge in [-0.05, 0) is 118 Å². The fourth-order valence-electron chi connectivity index (χ4n) is 8.84. The van der Waals surface area contributed by atoms with Crippen LogP contribution < -0.4 is 4.90 Å². The Balaban J connectivity index is 1.09. The average molecular weight is 667 g/mol. The number of nitrogens with zero attached hydrogens (tertiary/aromatic N) is 6. The molecule has 1 saturated heterocycles. The van der Waals surface area contributed by atoms with E-state index < -0.39 is 0 Å². The second-order valence-electron chi connectivity index (χ2n) is 16.4. The van der Waals surface area contributed by atoms with Gasteiger partial charge in [0.05, 0.1) is 11.9 Å². The molecule has 49 heavy (non-hydrogen) atoms. The molecule has 1 aliphatic heterocycles. The predicted molar refractivity (Wildman–Crippen MR) is 191 cm³/mol. The number of likely N-dealkylation sites (tertiary alicyclic amines) is 1. The highest BCUT2D eigenvalue weighted by atomic mass is 16.6. The van der Waals surface area contributed by atoms with Gasteiger partial charge in [-0.15, -0.1) is 0 Å². The van der Waals surface area contributed by atoms with E-state index in [2.05, 4.69) is 64.0 Å². The lowest BCUT2D eigenvalue weighted by molar-refractivity contribution is -0.124. The first-order chi connectivity index (χ1) is 23.5. The van der Waals surface area contributed by atoms with Gasteiger partial charge in [0.1, 0.15) is 6.10 Å². The molecule has 3 aromatic rings. The van der Waals surface area contributed by atoms with Crippen LogP contribution in [-0.4, -0.2) is 62.4 Å². The van der Waals surface area contributed by atoms with E-state index in [0.29, 0.717) is 50.0 Å². The van der Waals surface area contributed by atoms with Crippen molar-refractivity contribution >= 4 is 17.9 Å². The van der Waals surface area contributed by atoms with Crippen molar-refractivity contribution in [1.82, 2.24) is 24.6 Å². The van der Waals surface area contributed by atoms with Crippen LogP contribution in [0.1, 0.15) is 122 Å². The summed E-state index contributed by atoms with van der Waals surface area (Å²) in [5.74, 6) is 1.53. The van der Waals surface area contributed by atoms with Crippen molar-refractivity contribution in [2.24, 2.45) is 17.3 Å². The van der Waals surface area contributed by atoms with Gasteiger partial charge in [0.25, 0.3) is 0 Å². The Morgan fingerprint density at radius 1 is 0.939 bits per heavy atom. The Kier molecular flexibility index (Phi) is 9.31. The zero-order chi connectivity index (χ0) is 34.3. The highest BCUT2D eigenvalue weighted by Crippen LogP contribution is 2.58. The highest BCUT2D eigenvalue weighted by molar-refractivity contribution is 5.93. The number of benzene rings is 1. The number of rotatable bonds is 9. The third-order valence-corrected chi connectivity index (χ3v) is 12.3. The van der Waals surface area contributed by atoms with E-state index in [-0.39, 0.29) is 40.9 Å². The Hall–Kier alpha value is -3.75. The molecule has 9 nitrogen and oxygen atoms in total. The van der Waals surface area contributed by atoms with Gasteiger partial charge in [-0.25, -0.2) is 14.8 Å². The van der Waals surface area contributed by atoms with Crippen molar-refractivity contribution in [3.8, 4) is 11.3 Å². The third kappa shape index (κ3) is 6.87. The first-order valence-corrected chi connectivity index (χ1v) is 18.8. The lowest BCUT2D eigenvalue weighted by atomic mass is 9.51. The van der Waals surface area contributed by atoms with Crippen molar-refractivity contribution in [1.29, 1.82) is 0 Å². The first kappa shape index (κ1) is 33.7. The highest BCUT2D eigenvalue weighted by Gasteiger charge is 2.51. The molecule has 2 aromatic heterocycles. The number of amides is 2. The number of hydrogen-bond donors (Lipinski definition) is 0. The summed E-state index contributed by atoms with van der Waals surface area (Å²) in [7, 11) is 0. The minimum Gasteiger partial charge on any atom is -0.446 e. The van der Waals surface area contributed by atoms with Gasteiger partial charge in [-0.1, -0.05) is 45.0 Å². The van der Waals surface area contributed by atoms with Crippen LogP contribution in [0.5, 0.6) is 0 Å². The number of fused-ring (bicyclic) bond motifs is 3. The van der Waals surface area contributed by atoms with Crippen molar-refractivity contribution in [3.05, 3.63) is 60.0 Å². The monoisotopic (exact) mass is 666 g/mol. The fourth-order valence-corrected chi connectivity index (χ4v) is 8.84. The summed E-state index contributed by atoms with van der Waals surface area (Å²) in [6.45, 7) is 13.0. The quantitative estimate of drug-likeness (QED) is 0.228. The van der Waals surface area contributed by atoms with E-state index in [1.807, 2.05) is 28.0 Å². The standard InChI is InChI=1S/C40H54N6O3/c1-27(2)30-6-10-33(11-7-30)40-18-15-39(16-19-40,17-20-40)26-45(37-41-21-14-35(43-37)32-22-42-46(25-32)28(3)4)36(47)31-8-12-34(13-9-31)49-38(48)44-23-29(5)24-44/h6-7,10-11,14,21-22,25,27-29,31,34H,8-9,12-13,15-20,23-24,26H2,1-5H3. The van der Waals surface area contributed by atoms with Crippen LogP contribution in [0.4, 0.5) is 10.7 Å². The van der Waals surface area contributed by atoms with Crippen LogP contribution >= 0.6 is 0 Å². The second kappa shape index (κ2) is 13.5. The molecule has 0 atom stereocenters. The Labute approximate surface area is 291 Å². The van der Waals surface area contributed by atoms with Gasteiger partial charge in [0.2, 0.25) is 11.9 Å². The van der Waals surface area contributed by atoms with Gasteiger partial charge in [-0.2, -0.15) is 5.10 Å². The van der Waals surface area contributed by atoms with E-state index in [9.17, 15) is 9.59 Å². The number of aromatic nitrogens is 4. The van der Waals surface area contributed by atoms with Crippen LogP contribution in [0.25, 0.3) is 11.3 Å². The zero-order valence-electron chi connectivity index (χ0n) is 30.1. The topological polar surface area (TPSA) is 93.5 Å². The smallest absolute Gasteiger partial charge is 0.410 e. The molecular weight excluding hydrogens is 612 g/mol. The minimum atomic E-state index is -0.207. The molecule has 5 aliphatic rings. The lowest BCUT2D eigenvalue weighted by Gasteiger charge is -2.55. The van der Waals surface area contributed by atoms with E-state index in [0.717, 1.165) is 62.9 Å². The molecule has 1 aromatic carbocycles. The zero-order valence-corrected chi connectivity index (χ0v) is 30.1. The molecule has 3 heterocycles. The normalized spacial score (nSPS) is 27.0. The molecule has 9 heteroatoms. The number of anilines is 1. The van der Waals surface area contributed by atoms with Crippen LogP contribution in [0, 0.1) is 17.3 Å². The van der Waals surface area contributed by atoms with Crippen LogP contribution in [0.15, 0.2) is 48.9 Å². The predicted octanol–water partition coefficient (Wildman–Crippen LogP) is 8.32. The summed E-state index contributed by atoms with van der Waals surface area (Å²) in [5, 5.41) is 4.53. The largest absolute Gasteiger partial charge is 0.446 e. The number of ether oxygens (including phenoxy) is 1. The summed E-state index contributed by atoms with van der Waals surface area (Å²) in [6.07, 6.45) is 14.9. The number of hydrogen-bond acceptors (Lipinski definition) is 6. The summed E-state index contributed by atoms with van der Waals surface area (Å²) in [4.78, 5) is 40.7. The molecule has 4 saturated carbocycles. The van der Waals surface area contributed by atoms with Crippen molar-refractivity contribution in [2.45, 2.75) is 122 Å². The van der Waals surface area contributed by atoms with Crippen LogP contribution in [0.2, 0.25) is 0 Å². The maximum Gasteiger partial charge on any atom is 0.410 e. The van der Waals surface area contributed by atoms with Gasteiger partial charge in [0, 0.05) is 49.6 Å². The Morgan fingerprint density at radius 2 is 1.61 bits per heavy atom. The van der Waals surface area contributed by atoms with Gasteiger partial charge in [0.15, 0.2) is 0 Å². The SMILES string of the molecule is CC1CN(C(=O)OC2CCC(C(=O)N(CC34CCC(c5ccc(C(C)C)cc5)(CC3)CC4)c3nccc(-c4cnn(C(C)C)c4)n3)CC2)C1. The summed E-state index contributed by atoms with van der Waals surface area (Å²) >= 11 is 0.